The van der Waals surface area contributed by atoms with Crippen molar-refractivity contribution in [2.75, 3.05) is 0 Å². The average Bonchev–Trinajstić information content (AvgIpc) is 2.85. The van der Waals surface area contributed by atoms with E-state index in [1.54, 1.807) is 6.20 Å². The van der Waals surface area contributed by atoms with E-state index in [-0.39, 0.29) is 5.41 Å². The lowest BCUT2D eigenvalue weighted by Gasteiger charge is -2.06. The van der Waals surface area contributed by atoms with E-state index >= 15 is 0 Å². The molecule has 1 aromatic heterocycles. The molecule has 0 atom stereocenters. The maximum Gasteiger partial charge on any atom is 0.134 e. The number of hydrogen-bond acceptors (Lipinski definition) is 3. The van der Waals surface area contributed by atoms with Crippen molar-refractivity contribution in [3.05, 3.63) is 23.8 Å². The van der Waals surface area contributed by atoms with Gasteiger partial charge in [-0.2, -0.15) is 0 Å². The van der Waals surface area contributed by atoms with E-state index in [4.69, 9.17) is 5.73 Å². The van der Waals surface area contributed by atoms with E-state index in [9.17, 15) is 0 Å². The minimum atomic E-state index is 0.255. The van der Waals surface area contributed by atoms with E-state index < -0.39 is 0 Å². The molecule has 2 N–H and O–H groups in total. The summed E-state index contributed by atoms with van der Waals surface area (Å²) in [6, 6.07) is 1.87. The molecule has 1 heterocycles. The van der Waals surface area contributed by atoms with Crippen LogP contribution in [0.3, 0.4) is 0 Å². The second-order valence-electron chi connectivity index (χ2n) is 3.64. The Balaban J connectivity index is 2.32. The Kier molecular flexibility index (Phi) is 1.61. The zero-order chi connectivity index (χ0) is 8.60. The zero-order valence-electron chi connectivity index (χ0n) is 7.25. The number of nitrogens with two attached hydrogens (primary N) is 1. The third-order valence-electron chi connectivity index (χ3n) is 2.46. The summed E-state index contributed by atoms with van der Waals surface area (Å²) < 4.78 is 0. The highest BCUT2D eigenvalue weighted by Gasteiger charge is 2.41. The van der Waals surface area contributed by atoms with Crippen molar-refractivity contribution in [3.8, 4) is 0 Å². The molecule has 0 spiro atoms. The Morgan fingerprint density at radius 2 is 2.33 bits per heavy atom. The molecule has 0 bridgehead atoms. The second-order valence-corrected chi connectivity index (χ2v) is 3.64. The third kappa shape index (κ3) is 1.20. The zero-order valence-corrected chi connectivity index (χ0v) is 7.25. The highest BCUT2D eigenvalue weighted by molar-refractivity contribution is 5.17. The van der Waals surface area contributed by atoms with Crippen LogP contribution in [0.25, 0.3) is 0 Å². The van der Waals surface area contributed by atoms with Gasteiger partial charge >= 0.3 is 0 Å². The fourth-order valence-corrected chi connectivity index (χ4v) is 1.21. The Labute approximate surface area is 72.0 Å². The van der Waals surface area contributed by atoms with Crippen molar-refractivity contribution in [1.82, 2.24) is 9.97 Å². The molecule has 0 aromatic carbocycles. The van der Waals surface area contributed by atoms with Crippen molar-refractivity contribution >= 4 is 0 Å². The predicted octanol–water partition coefficient (Wildman–Crippen LogP) is 0.987. The van der Waals surface area contributed by atoms with Gasteiger partial charge in [0.25, 0.3) is 0 Å². The first-order chi connectivity index (χ1) is 5.74. The van der Waals surface area contributed by atoms with Crippen molar-refractivity contribution in [3.63, 3.8) is 0 Å². The smallest absolute Gasteiger partial charge is 0.134 e. The summed E-state index contributed by atoms with van der Waals surface area (Å²) in [6.07, 6.45) is 4.22. The molecule has 1 aliphatic carbocycles. The summed E-state index contributed by atoms with van der Waals surface area (Å²) in [7, 11) is 0. The summed E-state index contributed by atoms with van der Waals surface area (Å²) in [5.41, 5.74) is 6.69. The molecule has 2 rings (SSSR count). The van der Waals surface area contributed by atoms with Crippen LogP contribution in [0.15, 0.2) is 12.3 Å². The molecule has 3 nitrogen and oxygen atoms in total. The summed E-state index contributed by atoms with van der Waals surface area (Å²) in [4.78, 5) is 8.64. The largest absolute Gasteiger partial charge is 0.325 e. The highest BCUT2D eigenvalue weighted by Crippen LogP contribution is 2.45. The molecule has 0 saturated heterocycles. The molecule has 12 heavy (non-hydrogen) atoms. The van der Waals surface area contributed by atoms with Crippen LogP contribution in [0.2, 0.25) is 0 Å². The maximum absolute atomic E-state index is 5.49. The maximum atomic E-state index is 5.49. The van der Waals surface area contributed by atoms with Crippen molar-refractivity contribution in [2.24, 2.45) is 5.73 Å². The number of nitrogens with zero attached hydrogens (tertiary/aromatic N) is 2. The van der Waals surface area contributed by atoms with Crippen LogP contribution in [0, 0.1) is 0 Å². The lowest BCUT2D eigenvalue weighted by atomic mass is 10.1. The second kappa shape index (κ2) is 2.52. The molecule has 1 aromatic rings. The van der Waals surface area contributed by atoms with Gasteiger partial charge in [0.2, 0.25) is 0 Å². The summed E-state index contributed by atoms with van der Waals surface area (Å²) >= 11 is 0. The van der Waals surface area contributed by atoms with Gasteiger partial charge in [-0.15, -0.1) is 0 Å². The molecule has 3 heteroatoms. The van der Waals surface area contributed by atoms with Gasteiger partial charge in [0.15, 0.2) is 0 Å². The SMILES string of the molecule is CC1(c2nccc(CN)n2)CC1. The molecule has 0 unspecified atom stereocenters. The van der Waals surface area contributed by atoms with Gasteiger partial charge in [0, 0.05) is 18.2 Å². The Bertz CT molecular complexity index is 292. The van der Waals surface area contributed by atoms with Gasteiger partial charge in [-0.1, -0.05) is 6.92 Å². The van der Waals surface area contributed by atoms with E-state index in [0.717, 1.165) is 11.5 Å². The Morgan fingerprint density at radius 1 is 1.58 bits per heavy atom. The van der Waals surface area contributed by atoms with Crippen LogP contribution >= 0.6 is 0 Å². The molecule has 0 aliphatic heterocycles. The van der Waals surface area contributed by atoms with Crippen molar-refractivity contribution < 1.29 is 0 Å². The van der Waals surface area contributed by atoms with Crippen molar-refractivity contribution in [2.45, 2.75) is 31.7 Å². The van der Waals surface area contributed by atoms with Gasteiger partial charge in [0.1, 0.15) is 5.82 Å². The monoisotopic (exact) mass is 163 g/mol. The van der Waals surface area contributed by atoms with Gasteiger partial charge < -0.3 is 5.73 Å². The molecular formula is C9H13N3. The number of rotatable bonds is 2. The summed E-state index contributed by atoms with van der Waals surface area (Å²) in [6.45, 7) is 2.70. The van der Waals surface area contributed by atoms with Crippen LogP contribution in [-0.4, -0.2) is 9.97 Å². The minimum absolute atomic E-state index is 0.255. The van der Waals surface area contributed by atoms with Gasteiger partial charge in [-0.05, 0) is 18.9 Å². The summed E-state index contributed by atoms with van der Waals surface area (Å²) in [5, 5.41) is 0. The third-order valence-corrected chi connectivity index (χ3v) is 2.46. The molecule has 1 aliphatic rings. The van der Waals surface area contributed by atoms with E-state index in [2.05, 4.69) is 16.9 Å². The molecule has 0 radical (unpaired) electrons. The van der Waals surface area contributed by atoms with Crippen LogP contribution in [0.5, 0.6) is 0 Å². The Hall–Kier alpha value is -0.960. The first kappa shape index (κ1) is 7.68. The minimum Gasteiger partial charge on any atom is -0.325 e. The molecule has 1 fully saturated rings. The van der Waals surface area contributed by atoms with Gasteiger partial charge in [-0.3, -0.25) is 0 Å². The van der Waals surface area contributed by atoms with Gasteiger partial charge in [-0.25, -0.2) is 9.97 Å². The van der Waals surface area contributed by atoms with Gasteiger partial charge in [0.05, 0.1) is 5.69 Å². The fraction of sp³-hybridized carbons (Fsp3) is 0.556. The van der Waals surface area contributed by atoms with Crippen LogP contribution in [0.4, 0.5) is 0 Å². The first-order valence-corrected chi connectivity index (χ1v) is 4.27. The fourth-order valence-electron chi connectivity index (χ4n) is 1.21. The summed E-state index contributed by atoms with van der Waals surface area (Å²) in [5.74, 6) is 0.963. The lowest BCUT2D eigenvalue weighted by Crippen LogP contribution is -2.10. The van der Waals surface area contributed by atoms with E-state index in [1.807, 2.05) is 6.07 Å². The van der Waals surface area contributed by atoms with Crippen LogP contribution in [0.1, 0.15) is 31.3 Å². The van der Waals surface area contributed by atoms with E-state index in [1.165, 1.54) is 12.8 Å². The topological polar surface area (TPSA) is 51.8 Å². The molecule has 64 valence electrons. The average molecular weight is 163 g/mol. The lowest BCUT2D eigenvalue weighted by molar-refractivity contribution is 0.696. The first-order valence-electron chi connectivity index (χ1n) is 4.27. The molecule has 0 amide bonds. The quantitative estimate of drug-likeness (QED) is 0.707. The van der Waals surface area contributed by atoms with Crippen LogP contribution < -0.4 is 5.73 Å². The molecule has 1 saturated carbocycles. The number of hydrogen-bond donors (Lipinski definition) is 1. The normalized spacial score (nSPS) is 19.2. The molecular weight excluding hydrogens is 150 g/mol. The Morgan fingerprint density at radius 3 is 2.92 bits per heavy atom. The highest BCUT2D eigenvalue weighted by atomic mass is 14.9. The predicted molar refractivity (Wildman–Crippen MR) is 46.5 cm³/mol. The number of aromatic nitrogens is 2. The standard InChI is InChI=1S/C9H13N3/c1-9(3-4-9)8-11-5-2-7(6-10)12-8/h2,5H,3-4,6,10H2,1H3. The van der Waals surface area contributed by atoms with Crippen LogP contribution in [-0.2, 0) is 12.0 Å². The van der Waals surface area contributed by atoms with E-state index in [0.29, 0.717) is 6.54 Å². The van der Waals surface area contributed by atoms with Crippen molar-refractivity contribution in [1.29, 1.82) is 0 Å².